The van der Waals surface area contributed by atoms with E-state index in [9.17, 15) is 9.18 Å². The van der Waals surface area contributed by atoms with Crippen LogP contribution in [0.5, 0.6) is 0 Å². The number of halogens is 1. The summed E-state index contributed by atoms with van der Waals surface area (Å²) in [6, 6.07) is 14.4. The molecule has 0 saturated carbocycles. The molecule has 0 N–H and O–H groups in total. The molecule has 0 bridgehead atoms. The second-order valence-electron chi connectivity index (χ2n) is 7.00. The van der Waals surface area contributed by atoms with Gasteiger partial charge >= 0.3 is 0 Å². The van der Waals surface area contributed by atoms with Crippen LogP contribution in [0.2, 0.25) is 0 Å². The highest BCUT2D eigenvalue weighted by Crippen LogP contribution is 2.36. The quantitative estimate of drug-likeness (QED) is 0.765. The molecule has 0 aliphatic carbocycles. The lowest BCUT2D eigenvalue weighted by Gasteiger charge is -2.40. The summed E-state index contributed by atoms with van der Waals surface area (Å²) in [5.74, 6) is -0.280. The summed E-state index contributed by atoms with van der Waals surface area (Å²) in [5.41, 5.74) is 4.32. The number of ether oxygens (including phenoxy) is 1. The third-order valence-corrected chi connectivity index (χ3v) is 5.28. The lowest BCUT2D eigenvalue weighted by molar-refractivity contribution is -0.147. The minimum absolute atomic E-state index is 0.00493. The number of hydrogen-bond donors (Lipinski definition) is 0. The minimum atomic E-state index is -0.468. The summed E-state index contributed by atoms with van der Waals surface area (Å²) in [4.78, 5) is 15.1. The highest BCUT2D eigenvalue weighted by Gasteiger charge is 2.36. The highest BCUT2D eigenvalue weighted by atomic mass is 19.1. The Labute approximate surface area is 153 Å². The van der Waals surface area contributed by atoms with Crippen LogP contribution in [-0.2, 0) is 16.0 Å². The lowest BCUT2D eigenvalue weighted by Crippen LogP contribution is -2.47. The van der Waals surface area contributed by atoms with Gasteiger partial charge < -0.3 is 9.64 Å². The fourth-order valence-electron chi connectivity index (χ4n) is 3.92. The first-order valence-electron chi connectivity index (χ1n) is 9.05. The molecular formula is C22H22FNO2. The van der Waals surface area contributed by atoms with E-state index in [0.29, 0.717) is 19.6 Å². The molecule has 2 aliphatic rings. The maximum atomic E-state index is 13.4. The van der Waals surface area contributed by atoms with E-state index in [1.165, 1.54) is 17.7 Å². The number of nitrogens with zero attached hydrogens (tertiary/aromatic N) is 1. The predicted molar refractivity (Wildman–Crippen MR) is 98.2 cm³/mol. The van der Waals surface area contributed by atoms with E-state index >= 15 is 0 Å². The summed E-state index contributed by atoms with van der Waals surface area (Å²) in [6.07, 6.45) is 1.73. The van der Waals surface area contributed by atoms with Crippen molar-refractivity contribution in [1.29, 1.82) is 0 Å². The van der Waals surface area contributed by atoms with Crippen LogP contribution >= 0.6 is 0 Å². The normalized spacial score (nSPS) is 22.8. The zero-order valence-corrected chi connectivity index (χ0v) is 14.7. The number of amides is 1. The van der Waals surface area contributed by atoms with Crippen molar-refractivity contribution in [1.82, 2.24) is 4.90 Å². The van der Waals surface area contributed by atoms with Gasteiger partial charge in [-0.05, 0) is 41.7 Å². The monoisotopic (exact) mass is 351 g/mol. The van der Waals surface area contributed by atoms with Crippen molar-refractivity contribution in [3.8, 4) is 0 Å². The molecule has 1 fully saturated rings. The molecule has 1 amide bonds. The number of benzene rings is 2. The van der Waals surface area contributed by atoms with Crippen molar-refractivity contribution in [2.24, 2.45) is 0 Å². The molecule has 4 heteroatoms. The third kappa shape index (κ3) is 3.17. The summed E-state index contributed by atoms with van der Waals surface area (Å²) < 4.78 is 19.2. The van der Waals surface area contributed by atoms with Crippen LogP contribution in [0.1, 0.15) is 35.6 Å². The van der Waals surface area contributed by atoms with Gasteiger partial charge in [-0.15, -0.1) is 0 Å². The Morgan fingerprint density at radius 1 is 1.12 bits per heavy atom. The van der Waals surface area contributed by atoms with Crippen molar-refractivity contribution < 1.29 is 13.9 Å². The van der Waals surface area contributed by atoms with Crippen LogP contribution in [0.25, 0.3) is 0 Å². The fraction of sp³-hybridized carbons (Fsp3) is 0.318. The Balaban J connectivity index is 1.72. The molecule has 2 aromatic rings. The first kappa shape index (κ1) is 17.0. The highest BCUT2D eigenvalue weighted by molar-refractivity contribution is 5.82. The number of hydrogen-bond acceptors (Lipinski definition) is 2. The molecule has 2 aliphatic heterocycles. The molecule has 1 saturated heterocycles. The standard InChI is InChI=1S/C22H22FNO2/c1-15-11-13-26-20(14-15)22(25)24-12-10-16-4-2-3-5-19(16)21(24)17-6-8-18(23)9-7-17/h2-9,20-21H,1,10-14H2/t20?,21-/m0/s1. The summed E-state index contributed by atoms with van der Waals surface area (Å²) in [6.45, 7) is 5.19. The Morgan fingerprint density at radius 3 is 2.65 bits per heavy atom. The molecule has 4 rings (SSSR count). The number of carbonyl (C=O) groups excluding carboxylic acids is 1. The van der Waals surface area contributed by atoms with E-state index in [1.54, 1.807) is 12.1 Å². The zero-order valence-electron chi connectivity index (χ0n) is 14.7. The Morgan fingerprint density at radius 2 is 1.88 bits per heavy atom. The summed E-state index contributed by atoms with van der Waals surface area (Å²) in [7, 11) is 0. The smallest absolute Gasteiger partial charge is 0.252 e. The van der Waals surface area contributed by atoms with Gasteiger partial charge in [0.15, 0.2) is 0 Å². The van der Waals surface area contributed by atoms with Crippen LogP contribution in [0.15, 0.2) is 60.7 Å². The van der Waals surface area contributed by atoms with Crippen LogP contribution in [0, 0.1) is 5.82 Å². The SMILES string of the molecule is C=C1CCOC(C(=O)N2CCc3ccccc3[C@@H]2c2ccc(F)cc2)C1. The van der Waals surface area contributed by atoms with E-state index in [2.05, 4.69) is 18.7 Å². The molecule has 2 atom stereocenters. The van der Waals surface area contributed by atoms with Gasteiger partial charge in [0.1, 0.15) is 11.9 Å². The first-order chi connectivity index (χ1) is 12.6. The zero-order chi connectivity index (χ0) is 18.1. The van der Waals surface area contributed by atoms with Gasteiger partial charge in [0, 0.05) is 13.0 Å². The molecule has 1 unspecified atom stereocenters. The molecule has 3 nitrogen and oxygen atoms in total. The van der Waals surface area contributed by atoms with Gasteiger partial charge in [0.25, 0.3) is 5.91 Å². The number of carbonyl (C=O) groups is 1. The van der Waals surface area contributed by atoms with Gasteiger partial charge in [-0.3, -0.25) is 4.79 Å². The second-order valence-corrected chi connectivity index (χ2v) is 7.00. The fourth-order valence-corrected chi connectivity index (χ4v) is 3.92. The number of rotatable bonds is 2. The Kier molecular flexibility index (Phi) is 4.60. The van der Waals surface area contributed by atoms with E-state index < -0.39 is 6.10 Å². The van der Waals surface area contributed by atoms with Crippen molar-refractivity contribution in [3.63, 3.8) is 0 Å². The van der Waals surface area contributed by atoms with Gasteiger partial charge in [-0.2, -0.15) is 0 Å². The summed E-state index contributed by atoms with van der Waals surface area (Å²) >= 11 is 0. The largest absolute Gasteiger partial charge is 0.368 e. The Bertz CT molecular complexity index is 830. The molecule has 26 heavy (non-hydrogen) atoms. The molecule has 0 radical (unpaired) electrons. The molecule has 2 heterocycles. The minimum Gasteiger partial charge on any atom is -0.368 e. The topological polar surface area (TPSA) is 29.5 Å². The van der Waals surface area contributed by atoms with E-state index in [-0.39, 0.29) is 17.8 Å². The molecular weight excluding hydrogens is 329 g/mol. The lowest BCUT2D eigenvalue weighted by atomic mass is 9.87. The van der Waals surface area contributed by atoms with E-state index in [4.69, 9.17) is 4.74 Å². The maximum absolute atomic E-state index is 13.4. The van der Waals surface area contributed by atoms with Crippen molar-refractivity contribution in [3.05, 3.63) is 83.2 Å². The van der Waals surface area contributed by atoms with Gasteiger partial charge in [-0.25, -0.2) is 4.39 Å². The van der Waals surface area contributed by atoms with Crippen LogP contribution in [0.3, 0.4) is 0 Å². The first-order valence-corrected chi connectivity index (χ1v) is 9.05. The van der Waals surface area contributed by atoms with E-state index in [0.717, 1.165) is 29.5 Å². The van der Waals surface area contributed by atoms with Crippen molar-refractivity contribution >= 4 is 5.91 Å². The second kappa shape index (κ2) is 7.04. The summed E-state index contributed by atoms with van der Waals surface area (Å²) in [5, 5.41) is 0. The van der Waals surface area contributed by atoms with E-state index in [1.807, 2.05) is 17.0 Å². The molecule has 134 valence electrons. The molecule has 2 aromatic carbocycles. The molecule has 0 spiro atoms. The van der Waals surface area contributed by atoms with Crippen molar-refractivity contribution in [2.45, 2.75) is 31.4 Å². The maximum Gasteiger partial charge on any atom is 0.252 e. The third-order valence-electron chi connectivity index (χ3n) is 5.28. The molecule has 0 aromatic heterocycles. The van der Waals surface area contributed by atoms with Crippen molar-refractivity contribution in [2.75, 3.05) is 13.2 Å². The van der Waals surface area contributed by atoms with Gasteiger partial charge in [0.2, 0.25) is 0 Å². The van der Waals surface area contributed by atoms with Crippen LogP contribution < -0.4 is 0 Å². The number of fused-ring (bicyclic) bond motifs is 1. The average molecular weight is 351 g/mol. The van der Waals surface area contributed by atoms with Gasteiger partial charge in [0.05, 0.1) is 12.6 Å². The van der Waals surface area contributed by atoms with Gasteiger partial charge in [-0.1, -0.05) is 48.6 Å². The predicted octanol–water partition coefficient (Wildman–Crippen LogP) is 4.04. The average Bonchev–Trinajstić information content (AvgIpc) is 2.67. The van der Waals surface area contributed by atoms with Crippen LogP contribution in [-0.4, -0.2) is 30.1 Å². The Hall–Kier alpha value is -2.46. The van der Waals surface area contributed by atoms with Crippen LogP contribution in [0.4, 0.5) is 4.39 Å².